The second-order valence-corrected chi connectivity index (χ2v) is 2.66. The molecular formula is C7H14N2. The molecule has 1 aliphatic carbocycles. The van der Waals surface area contributed by atoms with E-state index >= 15 is 0 Å². The van der Waals surface area contributed by atoms with E-state index in [9.17, 15) is 0 Å². The lowest BCUT2D eigenvalue weighted by Gasteiger charge is -2.02. The van der Waals surface area contributed by atoms with E-state index in [4.69, 9.17) is 5.41 Å². The Balaban J connectivity index is 1.96. The fourth-order valence-corrected chi connectivity index (χ4v) is 0.715. The smallest absolute Gasteiger partial charge is 0.0928 e. The molecule has 9 heavy (non-hydrogen) atoms. The number of hydrogen-bond acceptors (Lipinski definition) is 1. The maximum absolute atomic E-state index is 7.25. The van der Waals surface area contributed by atoms with E-state index in [1.165, 1.54) is 12.8 Å². The van der Waals surface area contributed by atoms with Crippen LogP contribution in [0.2, 0.25) is 0 Å². The maximum atomic E-state index is 7.25. The van der Waals surface area contributed by atoms with Crippen LogP contribution in [0.25, 0.3) is 0 Å². The van der Waals surface area contributed by atoms with Crippen molar-refractivity contribution >= 4 is 5.84 Å². The van der Waals surface area contributed by atoms with Gasteiger partial charge in [0.15, 0.2) is 0 Å². The highest BCUT2D eigenvalue weighted by atomic mass is 14.9. The predicted octanol–water partition coefficient (Wildman–Crippen LogP) is 1.37. The van der Waals surface area contributed by atoms with Gasteiger partial charge in [-0.3, -0.25) is 5.41 Å². The lowest BCUT2D eigenvalue weighted by Crippen LogP contribution is -2.23. The molecule has 2 N–H and O–H groups in total. The van der Waals surface area contributed by atoms with Crippen LogP contribution < -0.4 is 5.32 Å². The highest BCUT2D eigenvalue weighted by Gasteiger charge is 2.20. The number of hydrogen-bond donors (Lipinski definition) is 2. The molecule has 0 saturated heterocycles. The van der Waals surface area contributed by atoms with Crippen LogP contribution in [0.3, 0.4) is 0 Å². The largest absolute Gasteiger partial charge is 0.374 e. The van der Waals surface area contributed by atoms with Crippen molar-refractivity contribution in [2.75, 3.05) is 6.54 Å². The molecule has 0 bridgehead atoms. The van der Waals surface area contributed by atoms with Crippen LogP contribution >= 0.6 is 0 Å². The van der Waals surface area contributed by atoms with E-state index in [-0.39, 0.29) is 0 Å². The van der Waals surface area contributed by atoms with Crippen LogP contribution in [-0.2, 0) is 0 Å². The second kappa shape index (κ2) is 2.85. The first kappa shape index (κ1) is 6.59. The van der Waals surface area contributed by atoms with Crippen LogP contribution in [0.5, 0.6) is 0 Å². The van der Waals surface area contributed by atoms with Crippen molar-refractivity contribution in [2.45, 2.75) is 26.2 Å². The van der Waals surface area contributed by atoms with Crippen LogP contribution in [0.1, 0.15) is 26.2 Å². The molecule has 0 amide bonds. The third-order valence-corrected chi connectivity index (χ3v) is 1.65. The van der Waals surface area contributed by atoms with Crippen LogP contribution in [0.4, 0.5) is 0 Å². The molecule has 0 unspecified atom stereocenters. The molecule has 1 rings (SSSR count). The van der Waals surface area contributed by atoms with Crippen molar-refractivity contribution in [1.82, 2.24) is 5.32 Å². The molecule has 0 aromatic rings. The first-order valence-electron chi connectivity index (χ1n) is 3.64. The first-order valence-corrected chi connectivity index (χ1v) is 3.64. The fourth-order valence-electron chi connectivity index (χ4n) is 0.715. The Morgan fingerprint density at radius 1 is 1.67 bits per heavy atom. The number of amidine groups is 1. The molecule has 0 aromatic heterocycles. The summed E-state index contributed by atoms with van der Waals surface area (Å²) in [5.74, 6) is 1.57. The van der Waals surface area contributed by atoms with Crippen LogP contribution in [0, 0.1) is 11.3 Å². The summed E-state index contributed by atoms with van der Waals surface area (Å²) >= 11 is 0. The molecule has 0 radical (unpaired) electrons. The van der Waals surface area contributed by atoms with Gasteiger partial charge in [0.1, 0.15) is 0 Å². The van der Waals surface area contributed by atoms with Gasteiger partial charge >= 0.3 is 0 Å². The Labute approximate surface area is 56.2 Å². The Morgan fingerprint density at radius 2 is 2.33 bits per heavy atom. The molecule has 1 fully saturated rings. The zero-order valence-corrected chi connectivity index (χ0v) is 5.91. The summed E-state index contributed by atoms with van der Waals surface area (Å²) in [6.45, 7) is 3.04. The van der Waals surface area contributed by atoms with Gasteiger partial charge in [-0.2, -0.15) is 0 Å². The summed E-state index contributed by atoms with van der Waals surface area (Å²) in [5, 5.41) is 10.3. The average Bonchev–Trinajstić information content (AvgIpc) is 2.65. The van der Waals surface area contributed by atoms with Gasteiger partial charge < -0.3 is 5.32 Å². The monoisotopic (exact) mass is 126 g/mol. The highest BCUT2D eigenvalue weighted by Crippen LogP contribution is 2.27. The summed E-state index contributed by atoms with van der Waals surface area (Å²) < 4.78 is 0. The van der Waals surface area contributed by atoms with Gasteiger partial charge in [-0.1, -0.05) is 6.92 Å². The molecule has 1 aliphatic rings. The van der Waals surface area contributed by atoms with Gasteiger partial charge in [-0.05, 0) is 18.8 Å². The van der Waals surface area contributed by atoms with E-state index in [1.54, 1.807) is 0 Å². The van der Waals surface area contributed by atoms with Gasteiger partial charge in [0.25, 0.3) is 0 Å². The second-order valence-electron chi connectivity index (χ2n) is 2.66. The first-order chi connectivity index (χ1) is 4.33. The van der Waals surface area contributed by atoms with E-state index in [1.807, 2.05) is 6.92 Å². The Bertz CT molecular complexity index is 105. The van der Waals surface area contributed by atoms with E-state index < -0.39 is 0 Å². The molecule has 2 heteroatoms. The molecule has 0 atom stereocenters. The van der Waals surface area contributed by atoms with Crippen molar-refractivity contribution < 1.29 is 0 Å². The third-order valence-electron chi connectivity index (χ3n) is 1.65. The van der Waals surface area contributed by atoms with E-state index in [0.29, 0.717) is 5.84 Å². The van der Waals surface area contributed by atoms with Crippen molar-refractivity contribution in [1.29, 1.82) is 5.41 Å². The molecule has 0 aliphatic heterocycles. The predicted molar refractivity (Wildman–Crippen MR) is 38.7 cm³/mol. The topological polar surface area (TPSA) is 35.9 Å². The zero-order chi connectivity index (χ0) is 6.69. The Morgan fingerprint density at radius 3 is 2.78 bits per heavy atom. The summed E-state index contributed by atoms with van der Waals surface area (Å²) in [6.07, 6.45) is 3.57. The summed E-state index contributed by atoms with van der Waals surface area (Å²) in [6, 6.07) is 0. The number of rotatable bonds is 3. The minimum absolute atomic E-state index is 0.682. The summed E-state index contributed by atoms with van der Waals surface area (Å²) in [7, 11) is 0. The SMILES string of the molecule is CCC(=N)NCC1CC1. The molecule has 0 aromatic carbocycles. The lowest BCUT2D eigenvalue weighted by atomic mass is 10.4. The Kier molecular flexibility index (Phi) is 2.09. The molecule has 52 valence electrons. The quantitative estimate of drug-likeness (QED) is 0.435. The molecule has 2 nitrogen and oxygen atoms in total. The third kappa shape index (κ3) is 2.49. The average molecular weight is 126 g/mol. The summed E-state index contributed by atoms with van der Waals surface area (Å²) in [5.41, 5.74) is 0. The van der Waals surface area contributed by atoms with Crippen molar-refractivity contribution in [3.05, 3.63) is 0 Å². The normalized spacial score (nSPS) is 17.4. The standard InChI is InChI=1S/C7H14N2/c1-2-7(8)9-5-6-3-4-6/h6H,2-5H2,1H3,(H2,8,9). The molecule has 1 saturated carbocycles. The minimum Gasteiger partial charge on any atom is -0.374 e. The van der Waals surface area contributed by atoms with E-state index in [2.05, 4.69) is 5.32 Å². The molecule has 0 spiro atoms. The van der Waals surface area contributed by atoms with Crippen LogP contribution in [0.15, 0.2) is 0 Å². The lowest BCUT2D eigenvalue weighted by molar-refractivity contribution is 0.760. The van der Waals surface area contributed by atoms with E-state index in [0.717, 1.165) is 18.9 Å². The van der Waals surface area contributed by atoms with Crippen LogP contribution in [-0.4, -0.2) is 12.4 Å². The van der Waals surface area contributed by atoms with Crippen molar-refractivity contribution in [3.8, 4) is 0 Å². The Hall–Kier alpha value is -0.530. The van der Waals surface area contributed by atoms with Crippen molar-refractivity contribution in [2.24, 2.45) is 5.92 Å². The van der Waals surface area contributed by atoms with Gasteiger partial charge in [-0.15, -0.1) is 0 Å². The minimum atomic E-state index is 0.682. The van der Waals surface area contributed by atoms with Gasteiger partial charge in [0.05, 0.1) is 5.84 Å². The maximum Gasteiger partial charge on any atom is 0.0928 e. The molecule has 0 heterocycles. The van der Waals surface area contributed by atoms with Gasteiger partial charge in [-0.25, -0.2) is 0 Å². The summed E-state index contributed by atoms with van der Waals surface area (Å²) in [4.78, 5) is 0. The van der Waals surface area contributed by atoms with Crippen molar-refractivity contribution in [3.63, 3.8) is 0 Å². The zero-order valence-electron chi connectivity index (χ0n) is 5.91. The number of nitrogens with one attached hydrogen (secondary N) is 2. The van der Waals surface area contributed by atoms with Gasteiger partial charge in [0.2, 0.25) is 0 Å². The highest BCUT2D eigenvalue weighted by molar-refractivity contribution is 5.78. The molecular weight excluding hydrogens is 112 g/mol. The van der Waals surface area contributed by atoms with Gasteiger partial charge in [0, 0.05) is 13.0 Å². The fraction of sp³-hybridized carbons (Fsp3) is 0.857.